The Hall–Kier alpha value is -3.00. The van der Waals surface area contributed by atoms with Crippen molar-refractivity contribution in [2.75, 3.05) is 12.4 Å². The molecule has 2 aliphatic rings. The first-order chi connectivity index (χ1) is 16.7. The fourth-order valence-corrected chi connectivity index (χ4v) is 6.22. The number of amides is 2. The van der Waals surface area contributed by atoms with Crippen LogP contribution in [0.5, 0.6) is 0 Å². The fourth-order valence-electron chi connectivity index (χ4n) is 5.00. The van der Waals surface area contributed by atoms with Gasteiger partial charge in [-0.3, -0.25) is 4.79 Å². The van der Waals surface area contributed by atoms with Crippen LogP contribution in [0.15, 0.2) is 48.5 Å². The molecular formula is C27H32N2O5S. The number of nitrogens with zero attached hydrogens (tertiary/aromatic N) is 1. The second-order valence-electron chi connectivity index (χ2n) is 9.65. The second kappa shape index (κ2) is 9.93. The molecule has 1 fully saturated rings. The third-order valence-corrected chi connectivity index (χ3v) is 8.49. The van der Waals surface area contributed by atoms with Gasteiger partial charge in [0.05, 0.1) is 4.87 Å². The number of carbonyl (C=O) groups is 3. The molecule has 0 radical (unpaired) electrons. The SMILES string of the molecule is CC[C@H](C)[C@H](NC(=O)OCC1c2ccccc2-c2ccccc21)C(=O)N1[C@H](C(=O)O)CSC1(C)C. The molecule has 2 amide bonds. The van der Waals surface area contributed by atoms with Crippen LogP contribution in [-0.4, -0.2) is 57.3 Å². The number of carbonyl (C=O) groups excluding carboxylic acids is 2. The Morgan fingerprint density at radius 1 is 1.11 bits per heavy atom. The van der Waals surface area contributed by atoms with E-state index in [9.17, 15) is 19.5 Å². The van der Waals surface area contributed by atoms with Crippen molar-refractivity contribution in [3.63, 3.8) is 0 Å². The number of carboxylic acid groups (broad SMARTS) is 1. The van der Waals surface area contributed by atoms with Gasteiger partial charge in [-0.1, -0.05) is 68.8 Å². The zero-order valence-corrected chi connectivity index (χ0v) is 21.3. The van der Waals surface area contributed by atoms with E-state index in [0.717, 1.165) is 22.3 Å². The number of benzene rings is 2. The number of hydrogen-bond donors (Lipinski definition) is 2. The zero-order valence-electron chi connectivity index (χ0n) is 20.5. The highest BCUT2D eigenvalue weighted by Crippen LogP contribution is 2.44. The smallest absolute Gasteiger partial charge is 0.407 e. The first-order valence-corrected chi connectivity index (χ1v) is 13.0. The number of thioether (sulfide) groups is 1. The lowest BCUT2D eigenvalue weighted by Crippen LogP contribution is -2.58. The van der Waals surface area contributed by atoms with Crippen LogP contribution in [0.4, 0.5) is 4.79 Å². The molecule has 1 aliphatic heterocycles. The topological polar surface area (TPSA) is 95.9 Å². The highest BCUT2D eigenvalue weighted by Gasteiger charge is 2.49. The van der Waals surface area contributed by atoms with Crippen molar-refractivity contribution in [2.24, 2.45) is 5.92 Å². The molecule has 8 heteroatoms. The van der Waals surface area contributed by atoms with Gasteiger partial charge in [0, 0.05) is 11.7 Å². The van der Waals surface area contributed by atoms with Crippen molar-refractivity contribution in [1.29, 1.82) is 0 Å². The third kappa shape index (κ3) is 4.76. The summed E-state index contributed by atoms with van der Waals surface area (Å²) in [5.41, 5.74) is 4.49. The molecule has 0 spiro atoms. The van der Waals surface area contributed by atoms with Crippen molar-refractivity contribution in [3.8, 4) is 11.1 Å². The Bertz CT molecular complexity index is 1090. The van der Waals surface area contributed by atoms with E-state index in [1.807, 2.05) is 64.1 Å². The lowest BCUT2D eigenvalue weighted by molar-refractivity contribution is -0.152. The minimum absolute atomic E-state index is 0.0868. The Morgan fingerprint density at radius 3 is 2.23 bits per heavy atom. The van der Waals surface area contributed by atoms with Gasteiger partial charge in [-0.05, 0) is 42.0 Å². The van der Waals surface area contributed by atoms with Gasteiger partial charge >= 0.3 is 12.1 Å². The predicted octanol–water partition coefficient (Wildman–Crippen LogP) is 4.70. The van der Waals surface area contributed by atoms with Crippen LogP contribution in [0.3, 0.4) is 0 Å². The fraction of sp³-hybridized carbons (Fsp3) is 0.444. The molecule has 2 N–H and O–H groups in total. The van der Waals surface area contributed by atoms with Crippen molar-refractivity contribution in [1.82, 2.24) is 10.2 Å². The summed E-state index contributed by atoms with van der Waals surface area (Å²) in [6.45, 7) is 7.62. The van der Waals surface area contributed by atoms with Crippen LogP contribution in [0, 0.1) is 5.92 Å². The Balaban J connectivity index is 1.49. The molecule has 186 valence electrons. The van der Waals surface area contributed by atoms with Crippen molar-refractivity contribution in [2.45, 2.75) is 57.0 Å². The largest absolute Gasteiger partial charge is 0.480 e. The summed E-state index contributed by atoms with van der Waals surface area (Å²) in [5, 5.41) is 12.4. The van der Waals surface area contributed by atoms with E-state index in [-0.39, 0.29) is 18.4 Å². The van der Waals surface area contributed by atoms with E-state index in [1.54, 1.807) is 0 Å². The quantitative estimate of drug-likeness (QED) is 0.577. The normalized spacial score (nSPS) is 20.0. The number of carboxylic acids is 1. The van der Waals surface area contributed by atoms with E-state index in [2.05, 4.69) is 17.4 Å². The molecular weight excluding hydrogens is 464 g/mol. The average Bonchev–Trinajstić information content (AvgIpc) is 3.34. The number of fused-ring (bicyclic) bond motifs is 3. The van der Waals surface area contributed by atoms with Gasteiger partial charge in [0.1, 0.15) is 18.7 Å². The molecule has 35 heavy (non-hydrogen) atoms. The molecule has 0 aromatic heterocycles. The molecule has 4 rings (SSSR count). The third-order valence-electron chi connectivity index (χ3n) is 7.10. The molecule has 2 aromatic rings. The van der Waals surface area contributed by atoms with E-state index < -0.39 is 34.9 Å². The summed E-state index contributed by atoms with van der Waals surface area (Å²) in [6.07, 6.45) is -0.0406. The highest BCUT2D eigenvalue weighted by atomic mass is 32.2. The molecule has 2 aromatic carbocycles. The van der Waals surface area contributed by atoms with Gasteiger partial charge in [-0.25, -0.2) is 9.59 Å². The van der Waals surface area contributed by atoms with Gasteiger partial charge in [-0.2, -0.15) is 0 Å². The van der Waals surface area contributed by atoms with Crippen LogP contribution in [-0.2, 0) is 14.3 Å². The maximum absolute atomic E-state index is 13.6. The van der Waals surface area contributed by atoms with Gasteiger partial charge < -0.3 is 20.1 Å². The van der Waals surface area contributed by atoms with Crippen LogP contribution < -0.4 is 5.32 Å². The van der Waals surface area contributed by atoms with Crippen molar-refractivity contribution >= 4 is 29.7 Å². The van der Waals surface area contributed by atoms with Gasteiger partial charge in [0.15, 0.2) is 0 Å². The molecule has 0 saturated carbocycles. The van der Waals surface area contributed by atoms with E-state index >= 15 is 0 Å². The number of rotatable bonds is 7. The maximum Gasteiger partial charge on any atom is 0.407 e. The Labute approximate surface area is 210 Å². The summed E-state index contributed by atoms with van der Waals surface area (Å²) in [7, 11) is 0. The summed E-state index contributed by atoms with van der Waals surface area (Å²) < 4.78 is 5.66. The lowest BCUT2D eigenvalue weighted by Gasteiger charge is -2.37. The molecule has 7 nitrogen and oxygen atoms in total. The molecule has 3 atom stereocenters. The molecule has 0 unspecified atom stereocenters. The Morgan fingerprint density at radius 2 is 1.69 bits per heavy atom. The predicted molar refractivity (Wildman–Crippen MR) is 136 cm³/mol. The number of ether oxygens (including phenoxy) is 1. The zero-order chi connectivity index (χ0) is 25.3. The highest BCUT2D eigenvalue weighted by molar-refractivity contribution is 8.00. The van der Waals surface area contributed by atoms with Crippen LogP contribution in [0.2, 0.25) is 0 Å². The maximum atomic E-state index is 13.6. The van der Waals surface area contributed by atoms with Gasteiger partial charge in [0.25, 0.3) is 0 Å². The minimum atomic E-state index is -1.04. The summed E-state index contributed by atoms with van der Waals surface area (Å²) in [4.78, 5) is 39.0. The van der Waals surface area contributed by atoms with E-state index in [4.69, 9.17) is 4.74 Å². The van der Waals surface area contributed by atoms with Crippen LogP contribution in [0.25, 0.3) is 11.1 Å². The number of nitrogens with one attached hydrogen (secondary N) is 1. The lowest BCUT2D eigenvalue weighted by atomic mass is 9.96. The Kier molecular flexibility index (Phi) is 7.12. The minimum Gasteiger partial charge on any atom is -0.480 e. The van der Waals surface area contributed by atoms with Gasteiger partial charge in [0.2, 0.25) is 5.91 Å². The first kappa shape index (κ1) is 25.1. The molecule has 1 aliphatic carbocycles. The van der Waals surface area contributed by atoms with Crippen molar-refractivity contribution < 1.29 is 24.2 Å². The van der Waals surface area contributed by atoms with E-state index in [0.29, 0.717) is 12.2 Å². The van der Waals surface area contributed by atoms with E-state index in [1.165, 1.54) is 16.7 Å². The standard InChI is InChI=1S/C27H32N2O5S/c1-5-16(2)23(24(30)29-22(25(31)32)15-35-27(29,3)4)28-26(33)34-14-21-19-12-8-6-10-17(19)18-11-7-9-13-20(18)21/h6-13,16,21-23H,5,14-15H2,1-4H3,(H,28,33)(H,31,32)/t16-,22-,23-/m0/s1. The van der Waals surface area contributed by atoms with Crippen molar-refractivity contribution in [3.05, 3.63) is 59.7 Å². The number of aliphatic carboxylic acids is 1. The second-order valence-corrected chi connectivity index (χ2v) is 11.3. The summed E-state index contributed by atoms with van der Waals surface area (Å²) in [6, 6.07) is 14.4. The summed E-state index contributed by atoms with van der Waals surface area (Å²) >= 11 is 1.42. The number of alkyl carbamates (subject to hydrolysis) is 1. The van der Waals surface area contributed by atoms with Crippen LogP contribution >= 0.6 is 11.8 Å². The first-order valence-electron chi connectivity index (χ1n) is 12.0. The average molecular weight is 497 g/mol. The molecule has 1 saturated heterocycles. The summed E-state index contributed by atoms with van der Waals surface area (Å²) in [5.74, 6) is -1.41. The molecule has 0 bridgehead atoms. The van der Waals surface area contributed by atoms with Gasteiger partial charge in [-0.15, -0.1) is 11.8 Å². The van der Waals surface area contributed by atoms with Crippen LogP contribution in [0.1, 0.15) is 51.2 Å². The monoisotopic (exact) mass is 496 g/mol. The molecule has 1 heterocycles. The number of hydrogen-bond acceptors (Lipinski definition) is 5.